The quantitative estimate of drug-likeness (QED) is 0.416. The summed E-state index contributed by atoms with van der Waals surface area (Å²) in [5, 5.41) is 19.8. The van der Waals surface area contributed by atoms with Crippen molar-refractivity contribution < 1.29 is 18.7 Å². The third-order valence-corrected chi connectivity index (χ3v) is 6.84. The van der Waals surface area contributed by atoms with Gasteiger partial charge in [0.25, 0.3) is 5.91 Å². The van der Waals surface area contributed by atoms with Crippen LogP contribution in [-0.2, 0) is 0 Å². The number of rotatable bonds is 5. The Kier molecular flexibility index (Phi) is 5.80. The van der Waals surface area contributed by atoms with Gasteiger partial charge < -0.3 is 10.4 Å². The number of aromatic nitrogens is 3. The summed E-state index contributed by atoms with van der Waals surface area (Å²) in [6.07, 6.45) is 5.81. The van der Waals surface area contributed by atoms with Gasteiger partial charge in [-0.05, 0) is 67.4 Å². The molecule has 2 N–H and O–H groups in total. The van der Waals surface area contributed by atoms with Gasteiger partial charge in [0, 0.05) is 34.6 Å². The third-order valence-electron chi connectivity index (χ3n) is 6.28. The average Bonchev–Trinajstić information content (AvgIpc) is 3.50. The average molecular weight is 469 g/mol. The van der Waals surface area contributed by atoms with E-state index in [4.69, 9.17) is 5.10 Å². The highest BCUT2D eigenvalue weighted by molar-refractivity contribution is 7.03. The first kappa shape index (κ1) is 21.5. The largest absolute Gasteiger partial charge is 0.503 e. The minimum Gasteiger partial charge on any atom is -0.503 e. The zero-order valence-corrected chi connectivity index (χ0v) is 18.5. The number of hydrogen-bond donors (Lipinski definition) is 2. The lowest BCUT2D eigenvalue weighted by Gasteiger charge is -2.28. The topological polar surface area (TPSA) is 80.0 Å². The molecule has 5 rings (SSSR count). The Labute approximate surface area is 193 Å². The number of phenols is 1. The molecule has 2 heterocycles. The molecule has 2 aromatic heterocycles. The Balaban J connectivity index is 1.18. The van der Waals surface area contributed by atoms with Crippen LogP contribution in [0.2, 0.25) is 0 Å². The second kappa shape index (κ2) is 8.90. The molecule has 1 saturated carbocycles. The van der Waals surface area contributed by atoms with Gasteiger partial charge in [0.1, 0.15) is 0 Å². The third kappa shape index (κ3) is 4.45. The molecule has 6 nitrogen and oxygen atoms in total. The molecule has 9 heteroatoms. The van der Waals surface area contributed by atoms with Crippen LogP contribution in [-0.4, -0.2) is 31.7 Å². The summed E-state index contributed by atoms with van der Waals surface area (Å²) in [5.74, 6) is -3.63. The molecule has 1 aliphatic carbocycles. The maximum Gasteiger partial charge on any atom is 0.251 e. The highest BCUT2D eigenvalue weighted by atomic mass is 32.1. The SMILES string of the molecule is O=C(NC[C@H]1CC[C@H](n2cc3ccc(-c4ccsn4)cc3n2)CC1)c1cc(F)c(O)c(F)c1. The monoisotopic (exact) mass is 468 g/mol. The number of hydrogen-bond acceptors (Lipinski definition) is 5. The van der Waals surface area contributed by atoms with Crippen LogP contribution in [0.3, 0.4) is 0 Å². The van der Waals surface area contributed by atoms with Gasteiger partial charge >= 0.3 is 0 Å². The molecule has 0 spiro atoms. The molecule has 0 bridgehead atoms. The standard InChI is InChI=1S/C24H22F2N4O2S/c25-19-9-17(10-20(26)23(19)31)24(32)27-12-14-1-5-18(6-2-14)30-13-16-4-3-15(11-22(16)28-30)21-7-8-33-29-21/h3-4,7-11,13-14,18,31H,1-2,5-6,12H2,(H,27,32)/t14-,18-. The van der Waals surface area contributed by atoms with Crippen molar-refractivity contribution in [1.29, 1.82) is 0 Å². The van der Waals surface area contributed by atoms with E-state index in [-0.39, 0.29) is 5.56 Å². The maximum absolute atomic E-state index is 13.5. The Morgan fingerprint density at radius 3 is 2.58 bits per heavy atom. The number of carbonyl (C=O) groups excluding carboxylic acids is 1. The first-order valence-corrected chi connectivity index (χ1v) is 11.7. The predicted molar refractivity (Wildman–Crippen MR) is 122 cm³/mol. The molecular weight excluding hydrogens is 446 g/mol. The van der Waals surface area contributed by atoms with Gasteiger partial charge in [-0.2, -0.15) is 9.47 Å². The summed E-state index contributed by atoms with van der Waals surface area (Å²) in [7, 11) is 0. The minimum atomic E-state index is -1.15. The Bertz CT molecular complexity index is 1270. The van der Waals surface area contributed by atoms with Crippen LogP contribution in [0.1, 0.15) is 42.1 Å². The first-order chi connectivity index (χ1) is 16.0. The number of carbonyl (C=O) groups is 1. The second-order valence-electron chi connectivity index (χ2n) is 8.44. The van der Waals surface area contributed by atoms with Crippen molar-refractivity contribution in [3.05, 3.63) is 65.2 Å². The van der Waals surface area contributed by atoms with E-state index in [2.05, 4.69) is 34.1 Å². The fourth-order valence-electron chi connectivity index (χ4n) is 4.39. The summed E-state index contributed by atoms with van der Waals surface area (Å²) in [6, 6.07) is 10.2. The van der Waals surface area contributed by atoms with Crippen molar-refractivity contribution in [2.75, 3.05) is 6.54 Å². The van der Waals surface area contributed by atoms with Gasteiger partial charge in [-0.1, -0.05) is 12.1 Å². The van der Waals surface area contributed by atoms with Gasteiger partial charge in [-0.25, -0.2) is 8.78 Å². The summed E-state index contributed by atoms with van der Waals surface area (Å²) in [5.41, 5.74) is 2.82. The molecule has 0 unspecified atom stereocenters. The van der Waals surface area contributed by atoms with Crippen LogP contribution < -0.4 is 5.32 Å². The van der Waals surface area contributed by atoms with Crippen LogP contribution >= 0.6 is 11.5 Å². The Morgan fingerprint density at radius 2 is 1.88 bits per heavy atom. The molecular formula is C24H22F2N4O2S. The van der Waals surface area contributed by atoms with Crippen LogP contribution in [0.4, 0.5) is 8.78 Å². The van der Waals surface area contributed by atoms with Crippen molar-refractivity contribution in [3.8, 4) is 17.0 Å². The van der Waals surface area contributed by atoms with Crippen molar-refractivity contribution >= 4 is 28.3 Å². The van der Waals surface area contributed by atoms with Crippen molar-refractivity contribution in [2.24, 2.45) is 5.92 Å². The number of amides is 1. The van der Waals surface area contributed by atoms with Gasteiger partial charge in [0.2, 0.25) is 0 Å². The van der Waals surface area contributed by atoms with E-state index >= 15 is 0 Å². The number of halogens is 2. The smallest absolute Gasteiger partial charge is 0.251 e. The van der Waals surface area contributed by atoms with E-state index in [0.717, 1.165) is 60.0 Å². The van der Waals surface area contributed by atoms with E-state index in [9.17, 15) is 18.7 Å². The molecule has 170 valence electrons. The van der Waals surface area contributed by atoms with E-state index in [1.807, 2.05) is 16.1 Å². The van der Waals surface area contributed by atoms with Gasteiger partial charge in [-0.3, -0.25) is 9.48 Å². The molecule has 1 fully saturated rings. The zero-order chi connectivity index (χ0) is 22.9. The highest BCUT2D eigenvalue weighted by Crippen LogP contribution is 2.33. The van der Waals surface area contributed by atoms with Crippen LogP contribution in [0.15, 0.2) is 48.0 Å². The number of benzene rings is 2. The summed E-state index contributed by atoms with van der Waals surface area (Å²) in [6.45, 7) is 0.438. The van der Waals surface area contributed by atoms with E-state index in [1.165, 1.54) is 11.5 Å². The molecule has 0 radical (unpaired) electrons. The molecule has 1 amide bonds. The van der Waals surface area contributed by atoms with Gasteiger partial charge in [-0.15, -0.1) is 0 Å². The molecule has 0 saturated heterocycles. The van der Waals surface area contributed by atoms with Crippen molar-refractivity contribution in [1.82, 2.24) is 19.5 Å². The Morgan fingerprint density at radius 1 is 1.12 bits per heavy atom. The lowest BCUT2D eigenvalue weighted by atomic mass is 9.86. The Hall–Kier alpha value is -3.33. The van der Waals surface area contributed by atoms with Crippen LogP contribution in [0.25, 0.3) is 22.2 Å². The summed E-state index contributed by atoms with van der Waals surface area (Å²) in [4.78, 5) is 12.3. The first-order valence-electron chi connectivity index (χ1n) is 10.8. The van der Waals surface area contributed by atoms with E-state index < -0.39 is 23.3 Å². The normalized spacial score (nSPS) is 18.5. The van der Waals surface area contributed by atoms with E-state index in [0.29, 0.717) is 18.5 Å². The number of nitrogens with zero attached hydrogens (tertiary/aromatic N) is 3. The maximum atomic E-state index is 13.5. The molecule has 4 aromatic rings. The van der Waals surface area contributed by atoms with Crippen molar-refractivity contribution in [3.63, 3.8) is 0 Å². The lowest BCUT2D eigenvalue weighted by Crippen LogP contribution is -2.31. The summed E-state index contributed by atoms with van der Waals surface area (Å²) < 4.78 is 33.4. The molecule has 2 aromatic carbocycles. The highest BCUT2D eigenvalue weighted by Gasteiger charge is 2.24. The fourth-order valence-corrected chi connectivity index (χ4v) is 4.92. The minimum absolute atomic E-state index is 0.142. The van der Waals surface area contributed by atoms with Crippen molar-refractivity contribution in [2.45, 2.75) is 31.7 Å². The lowest BCUT2D eigenvalue weighted by molar-refractivity contribution is 0.0940. The number of phenolic OH excluding ortho intramolecular Hbond substituents is 1. The van der Waals surface area contributed by atoms with Gasteiger partial charge in [0.15, 0.2) is 17.4 Å². The second-order valence-corrected chi connectivity index (χ2v) is 9.11. The van der Waals surface area contributed by atoms with Crippen LogP contribution in [0.5, 0.6) is 5.75 Å². The van der Waals surface area contributed by atoms with E-state index in [1.54, 1.807) is 0 Å². The van der Waals surface area contributed by atoms with Gasteiger partial charge in [0.05, 0.1) is 17.3 Å². The molecule has 1 aliphatic rings. The number of aromatic hydroxyl groups is 1. The number of fused-ring (bicyclic) bond motifs is 1. The molecule has 33 heavy (non-hydrogen) atoms. The predicted octanol–water partition coefficient (Wildman–Crippen LogP) is 5.30. The fraction of sp³-hybridized carbons (Fsp3) is 0.292. The van der Waals surface area contributed by atoms with Crippen LogP contribution in [0, 0.1) is 17.6 Å². The zero-order valence-electron chi connectivity index (χ0n) is 17.7. The number of nitrogens with one attached hydrogen (secondary N) is 1. The summed E-state index contributed by atoms with van der Waals surface area (Å²) >= 11 is 1.43. The molecule has 0 atom stereocenters. The molecule has 0 aliphatic heterocycles.